The highest BCUT2D eigenvalue weighted by Gasteiger charge is 2.77. The molecule has 0 aromatic carbocycles. The van der Waals surface area contributed by atoms with Gasteiger partial charge in [0, 0.05) is 30.1 Å². The van der Waals surface area contributed by atoms with Crippen LogP contribution in [0.15, 0.2) is 12.7 Å². The van der Waals surface area contributed by atoms with E-state index >= 15 is 0 Å². The summed E-state index contributed by atoms with van der Waals surface area (Å²) in [6, 6.07) is -0.826. The minimum atomic E-state index is -1.08. The zero-order valence-electron chi connectivity index (χ0n) is 20.1. The van der Waals surface area contributed by atoms with E-state index in [2.05, 4.69) is 22.5 Å². The predicted octanol–water partition coefficient (Wildman–Crippen LogP) is 2.27. The Morgan fingerprint density at radius 2 is 2.06 bits per heavy atom. The summed E-state index contributed by atoms with van der Waals surface area (Å²) < 4.78 is 11.8. The second-order valence-corrected chi connectivity index (χ2v) is 11.3. The van der Waals surface area contributed by atoms with Crippen LogP contribution in [0.25, 0.3) is 0 Å². The highest BCUT2D eigenvalue weighted by Crippen LogP contribution is 2.60. The Labute approximate surface area is 204 Å². The minimum absolute atomic E-state index is 0.0843. The normalized spacial score (nSPS) is 32.7. The smallest absolute Gasteiger partial charge is 0.312 e. The van der Waals surface area contributed by atoms with Gasteiger partial charge in [0.15, 0.2) is 0 Å². The number of aliphatic hydroxyl groups is 1. The maximum absolute atomic E-state index is 14.1. The number of alkyl halides is 1. The SMILES string of the molecule is C=CCN(C(=O)C1N(CCCCCO)C(=O)[C@@H]2[C@H](C(=O)OCC)[C@H]3OC12CC3Br)C(C)(C)C. The van der Waals surface area contributed by atoms with Crippen molar-refractivity contribution in [1.29, 1.82) is 0 Å². The van der Waals surface area contributed by atoms with Crippen LogP contribution in [-0.2, 0) is 23.9 Å². The number of fused-ring (bicyclic) bond motifs is 1. The molecule has 1 spiro atoms. The Morgan fingerprint density at radius 1 is 1.36 bits per heavy atom. The predicted molar refractivity (Wildman–Crippen MR) is 127 cm³/mol. The fraction of sp³-hybridized carbons (Fsp3) is 0.792. The first-order chi connectivity index (χ1) is 15.5. The summed E-state index contributed by atoms with van der Waals surface area (Å²) in [6.07, 6.45) is 3.67. The van der Waals surface area contributed by atoms with E-state index in [0.717, 1.165) is 6.42 Å². The number of carbonyl (C=O) groups is 3. The molecule has 3 rings (SSSR count). The van der Waals surface area contributed by atoms with Crippen LogP contribution in [0.5, 0.6) is 0 Å². The summed E-state index contributed by atoms with van der Waals surface area (Å²) in [5.41, 5.74) is -1.57. The molecule has 2 amide bonds. The minimum Gasteiger partial charge on any atom is -0.466 e. The molecule has 3 unspecified atom stereocenters. The average molecular weight is 529 g/mol. The maximum atomic E-state index is 14.1. The lowest BCUT2D eigenvalue weighted by Gasteiger charge is -2.42. The molecule has 3 aliphatic heterocycles. The molecule has 6 atom stereocenters. The van der Waals surface area contributed by atoms with E-state index in [1.165, 1.54) is 0 Å². The van der Waals surface area contributed by atoms with Crippen LogP contribution in [-0.4, -0.2) is 87.1 Å². The lowest BCUT2D eigenvalue weighted by molar-refractivity contribution is -0.155. The first-order valence-corrected chi connectivity index (χ1v) is 12.8. The molecule has 0 radical (unpaired) electrons. The van der Waals surface area contributed by atoms with E-state index in [1.807, 2.05) is 20.8 Å². The lowest BCUT2D eigenvalue weighted by atomic mass is 9.70. The van der Waals surface area contributed by atoms with Gasteiger partial charge >= 0.3 is 5.97 Å². The van der Waals surface area contributed by atoms with E-state index in [9.17, 15) is 14.4 Å². The second-order valence-electron chi connectivity index (χ2n) is 10.1. The molecule has 33 heavy (non-hydrogen) atoms. The van der Waals surface area contributed by atoms with Crippen molar-refractivity contribution in [3.8, 4) is 0 Å². The van der Waals surface area contributed by atoms with Crippen LogP contribution in [0.4, 0.5) is 0 Å². The number of amides is 2. The molecule has 3 aliphatic rings. The van der Waals surface area contributed by atoms with Gasteiger partial charge in [0.1, 0.15) is 11.6 Å². The molecular formula is C24H37BrN2O6. The van der Waals surface area contributed by atoms with E-state index < -0.39 is 41.1 Å². The number of likely N-dealkylation sites (tertiary alicyclic amines) is 1. The standard InChI is InChI=1S/C24H37BrN2O6/c1-6-11-27(23(3,4)5)21(30)19-24-14-15(25)18(33-24)16(22(31)32-7-2)17(24)20(29)26(19)12-9-8-10-13-28/h6,15-19,28H,1,7-14H2,2-5H3/t15?,16-,17-,18-,19?,24?/m0/s1. The fourth-order valence-electron chi connectivity index (χ4n) is 5.70. The highest BCUT2D eigenvalue weighted by molar-refractivity contribution is 9.09. The molecule has 0 aliphatic carbocycles. The zero-order valence-corrected chi connectivity index (χ0v) is 21.7. The van der Waals surface area contributed by atoms with Gasteiger partial charge in [0.05, 0.1) is 24.5 Å². The third-order valence-electron chi connectivity index (χ3n) is 7.03. The van der Waals surface area contributed by atoms with Gasteiger partial charge in [-0.1, -0.05) is 22.0 Å². The largest absolute Gasteiger partial charge is 0.466 e. The number of esters is 1. The van der Waals surface area contributed by atoms with Gasteiger partial charge in [-0.2, -0.15) is 0 Å². The molecule has 186 valence electrons. The number of hydrogen-bond donors (Lipinski definition) is 1. The monoisotopic (exact) mass is 528 g/mol. The van der Waals surface area contributed by atoms with Crippen LogP contribution in [0.3, 0.4) is 0 Å². The summed E-state index contributed by atoms with van der Waals surface area (Å²) in [5.74, 6) is -2.34. The number of hydrogen-bond acceptors (Lipinski definition) is 6. The zero-order chi connectivity index (χ0) is 24.6. The number of halogens is 1. The topological polar surface area (TPSA) is 96.4 Å². The first kappa shape index (κ1) is 26.2. The van der Waals surface area contributed by atoms with Gasteiger partial charge < -0.3 is 24.4 Å². The van der Waals surface area contributed by atoms with E-state index in [0.29, 0.717) is 32.4 Å². The van der Waals surface area contributed by atoms with E-state index in [4.69, 9.17) is 14.6 Å². The van der Waals surface area contributed by atoms with Gasteiger partial charge in [-0.15, -0.1) is 6.58 Å². The Hall–Kier alpha value is -1.45. The number of carbonyl (C=O) groups excluding carboxylic acids is 3. The van der Waals surface area contributed by atoms with E-state index in [-0.39, 0.29) is 29.9 Å². The van der Waals surface area contributed by atoms with Crippen molar-refractivity contribution in [2.75, 3.05) is 26.3 Å². The van der Waals surface area contributed by atoms with Crippen molar-refractivity contribution in [2.24, 2.45) is 11.8 Å². The summed E-state index contributed by atoms with van der Waals surface area (Å²) in [4.78, 5) is 44.0. The average Bonchev–Trinajstić information content (AvgIpc) is 3.32. The molecule has 2 bridgehead atoms. The van der Waals surface area contributed by atoms with Crippen molar-refractivity contribution in [2.45, 2.75) is 81.5 Å². The highest BCUT2D eigenvalue weighted by atomic mass is 79.9. The molecule has 3 saturated heterocycles. The number of nitrogens with zero attached hydrogens (tertiary/aromatic N) is 2. The Kier molecular flexibility index (Phi) is 7.96. The molecule has 9 heteroatoms. The van der Waals surface area contributed by atoms with Crippen LogP contribution in [0.1, 0.15) is 53.4 Å². The molecule has 0 aromatic heterocycles. The van der Waals surface area contributed by atoms with E-state index in [1.54, 1.807) is 22.8 Å². The van der Waals surface area contributed by atoms with Crippen LogP contribution in [0.2, 0.25) is 0 Å². The summed E-state index contributed by atoms with van der Waals surface area (Å²) in [7, 11) is 0. The van der Waals surface area contributed by atoms with Gasteiger partial charge in [-0.05, 0) is 53.4 Å². The van der Waals surface area contributed by atoms with Crippen LogP contribution in [0, 0.1) is 11.8 Å². The summed E-state index contributed by atoms with van der Waals surface area (Å²) in [6.45, 7) is 12.4. The molecule has 3 fully saturated rings. The van der Waals surface area contributed by atoms with Crippen molar-refractivity contribution >= 4 is 33.7 Å². The van der Waals surface area contributed by atoms with Crippen molar-refractivity contribution in [3.05, 3.63) is 12.7 Å². The fourth-order valence-corrected chi connectivity index (χ4v) is 6.64. The molecule has 1 N–H and O–H groups in total. The third-order valence-corrected chi connectivity index (χ3v) is 7.87. The number of ether oxygens (including phenoxy) is 2. The number of aliphatic hydroxyl groups excluding tert-OH is 1. The second kappa shape index (κ2) is 10.0. The Balaban J connectivity index is 2.03. The van der Waals surface area contributed by atoms with Crippen LogP contribution < -0.4 is 0 Å². The summed E-state index contributed by atoms with van der Waals surface area (Å²) >= 11 is 3.65. The molecular weight excluding hydrogens is 492 g/mol. The van der Waals surface area contributed by atoms with Crippen molar-refractivity contribution in [3.63, 3.8) is 0 Å². The quantitative estimate of drug-likeness (QED) is 0.202. The first-order valence-electron chi connectivity index (χ1n) is 11.9. The molecule has 0 aromatic rings. The lowest BCUT2D eigenvalue weighted by Crippen LogP contribution is -2.60. The summed E-state index contributed by atoms with van der Waals surface area (Å²) in [5, 5.41) is 9.14. The van der Waals surface area contributed by atoms with Gasteiger partial charge in [0.25, 0.3) is 0 Å². The molecule has 8 nitrogen and oxygen atoms in total. The number of rotatable bonds is 10. The van der Waals surface area contributed by atoms with Gasteiger partial charge in [-0.3, -0.25) is 14.4 Å². The van der Waals surface area contributed by atoms with Crippen molar-refractivity contribution < 1.29 is 29.0 Å². The Morgan fingerprint density at radius 3 is 2.64 bits per heavy atom. The van der Waals surface area contributed by atoms with Crippen LogP contribution >= 0.6 is 15.9 Å². The van der Waals surface area contributed by atoms with Crippen molar-refractivity contribution in [1.82, 2.24) is 9.80 Å². The Bertz CT molecular complexity index is 783. The maximum Gasteiger partial charge on any atom is 0.312 e. The number of unbranched alkanes of at least 4 members (excludes halogenated alkanes) is 2. The third kappa shape index (κ3) is 4.48. The molecule has 0 saturated carbocycles. The van der Waals surface area contributed by atoms with Gasteiger partial charge in [0.2, 0.25) is 11.8 Å². The molecule has 3 heterocycles. The van der Waals surface area contributed by atoms with Gasteiger partial charge in [-0.25, -0.2) is 0 Å².